The van der Waals surface area contributed by atoms with E-state index < -0.39 is 0 Å². The third-order valence-corrected chi connectivity index (χ3v) is 3.56. The SMILES string of the molecule is CCc1cn(C(C)C)c(N2CCC(NC)C2)n1. The first kappa shape index (κ1) is 12.4. The van der Waals surface area contributed by atoms with Crippen LogP contribution in [0, 0.1) is 0 Å². The summed E-state index contributed by atoms with van der Waals surface area (Å²) in [5, 5.41) is 3.35. The molecule has 1 aromatic heterocycles. The lowest BCUT2D eigenvalue weighted by Gasteiger charge is -2.20. The number of nitrogens with one attached hydrogen (secondary N) is 1. The van der Waals surface area contributed by atoms with Crippen molar-refractivity contribution >= 4 is 5.95 Å². The quantitative estimate of drug-likeness (QED) is 0.865. The summed E-state index contributed by atoms with van der Waals surface area (Å²) in [4.78, 5) is 7.16. The van der Waals surface area contributed by atoms with Gasteiger partial charge in [0.25, 0.3) is 0 Å². The van der Waals surface area contributed by atoms with Crippen molar-refractivity contribution in [3.63, 3.8) is 0 Å². The van der Waals surface area contributed by atoms with Crippen LogP contribution in [0.4, 0.5) is 5.95 Å². The molecule has 4 nitrogen and oxygen atoms in total. The molecular weight excluding hydrogens is 212 g/mol. The number of likely N-dealkylation sites (N-methyl/N-ethyl adjacent to an activating group) is 1. The molecule has 1 aromatic rings. The number of hydrogen-bond donors (Lipinski definition) is 1. The summed E-state index contributed by atoms with van der Waals surface area (Å²) in [5.74, 6) is 1.15. The maximum absolute atomic E-state index is 4.76. The van der Waals surface area contributed by atoms with Crippen molar-refractivity contribution in [2.75, 3.05) is 25.0 Å². The fourth-order valence-electron chi connectivity index (χ4n) is 2.40. The van der Waals surface area contributed by atoms with Gasteiger partial charge in [-0.1, -0.05) is 6.92 Å². The summed E-state index contributed by atoms with van der Waals surface area (Å²) in [6, 6.07) is 1.09. The summed E-state index contributed by atoms with van der Waals surface area (Å²) in [6.45, 7) is 8.78. The molecule has 4 heteroatoms. The zero-order valence-electron chi connectivity index (χ0n) is 11.4. The van der Waals surface area contributed by atoms with Crippen LogP contribution < -0.4 is 10.2 Å². The van der Waals surface area contributed by atoms with Crippen LogP contribution in [0.2, 0.25) is 0 Å². The van der Waals surface area contributed by atoms with Crippen molar-refractivity contribution in [2.45, 2.75) is 45.7 Å². The maximum Gasteiger partial charge on any atom is 0.206 e. The fraction of sp³-hybridized carbons (Fsp3) is 0.769. The van der Waals surface area contributed by atoms with Gasteiger partial charge in [-0.05, 0) is 33.7 Å². The van der Waals surface area contributed by atoms with Crippen LogP contribution in [-0.2, 0) is 6.42 Å². The van der Waals surface area contributed by atoms with Crippen LogP contribution >= 0.6 is 0 Å². The van der Waals surface area contributed by atoms with Crippen LogP contribution in [0.25, 0.3) is 0 Å². The smallest absolute Gasteiger partial charge is 0.206 e. The summed E-state index contributed by atoms with van der Waals surface area (Å²) in [6.07, 6.45) is 4.42. The summed E-state index contributed by atoms with van der Waals surface area (Å²) in [7, 11) is 2.04. The van der Waals surface area contributed by atoms with Crippen LogP contribution in [-0.4, -0.2) is 35.7 Å². The molecule has 1 N–H and O–H groups in total. The van der Waals surface area contributed by atoms with E-state index in [1.807, 2.05) is 7.05 Å². The van der Waals surface area contributed by atoms with Gasteiger partial charge in [-0.25, -0.2) is 4.98 Å². The van der Waals surface area contributed by atoms with Gasteiger partial charge in [0.15, 0.2) is 0 Å². The highest BCUT2D eigenvalue weighted by molar-refractivity contribution is 5.36. The molecule has 1 aliphatic rings. The molecule has 1 aliphatic heterocycles. The number of rotatable bonds is 4. The molecule has 2 heterocycles. The van der Waals surface area contributed by atoms with E-state index >= 15 is 0 Å². The monoisotopic (exact) mass is 236 g/mol. The third kappa shape index (κ3) is 2.46. The van der Waals surface area contributed by atoms with E-state index in [2.05, 4.69) is 41.8 Å². The van der Waals surface area contributed by atoms with Crippen LogP contribution in [0.3, 0.4) is 0 Å². The lowest BCUT2D eigenvalue weighted by atomic mass is 10.3. The van der Waals surface area contributed by atoms with Crippen molar-refractivity contribution in [3.8, 4) is 0 Å². The van der Waals surface area contributed by atoms with Gasteiger partial charge in [0.1, 0.15) is 0 Å². The first-order valence-corrected chi connectivity index (χ1v) is 6.65. The minimum absolute atomic E-state index is 0.478. The molecule has 1 fully saturated rings. The van der Waals surface area contributed by atoms with Gasteiger partial charge in [0.05, 0.1) is 5.69 Å². The Hall–Kier alpha value is -1.03. The van der Waals surface area contributed by atoms with Crippen LogP contribution in [0.1, 0.15) is 38.9 Å². The first-order chi connectivity index (χ1) is 8.15. The average Bonchev–Trinajstić information content (AvgIpc) is 2.94. The Balaban J connectivity index is 2.22. The van der Waals surface area contributed by atoms with E-state index in [1.165, 1.54) is 12.1 Å². The second kappa shape index (κ2) is 5.08. The van der Waals surface area contributed by atoms with Crippen molar-refractivity contribution in [3.05, 3.63) is 11.9 Å². The van der Waals surface area contributed by atoms with Crippen LogP contribution in [0.15, 0.2) is 6.20 Å². The molecule has 0 spiro atoms. The summed E-state index contributed by atoms with van der Waals surface area (Å²) in [5.41, 5.74) is 1.20. The zero-order chi connectivity index (χ0) is 12.4. The van der Waals surface area contributed by atoms with Gasteiger partial charge in [-0.15, -0.1) is 0 Å². The molecule has 0 aliphatic carbocycles. The Morgan fingerprint density at radius 2 is 2.29 bits per heavy atom. The molecular formula is C13H24N4. The number of anilines is 1. The van der Waals surface area contributed by atoms with Gasteiger partial charge in [-0.3, -0.25) is 0 Å². The molecule has 17 heavy (non-hydrogen) atoms. The van der Waals surface area contributed by atoms with Crippen LogP contribution in [0.5, 0.6) is 0 Å². The Morgan fingerprint density at radius 3 is 2.82 bits per heavy atom. The topological polar surface area (TPSA) is 33.1 Å². The number of imidazole rings is 1. The van der Waals surface area contributed by atoms with Gasteiger partial charge >= 0.3 is 0 Å². The molecule has 1 unspecified atom stereocenters. The third-order valence-electron chi connectivity index (χ3n) is 3.56. The number of aromatic nitrogens is 2. The lowest BCUT2D eigenvalue weighted by molar-refractivity contribution is 0.586. The highest BCUT2D eigenvalue weighted by atomic mass is 15.3. The van der Waals surface area contributed by atoms with Gasteiger partial charge < -0.3 is 14.8 Å². The summed E-state index contributed by atoms with van der Waals surface area (Å²) >= 11 is 0. The standard InChI is InChI=1S/C13H24N4/c1-5-11-9-17(10(2)3)13(15-11)16-7-6-12(8-16)14-4/h9-10,12,14H,5-8H2,1-4H3. The molecule has 0 bridgehead atoms. The number of aryl methyl sites for hydroxylation is 1. The Morgan fingerprint density at radius 1 is 1.53 bits per heavy atom. The van der Waals surface area contributed by atoms with Gasteiger partial charge in [0.2, 0.25) is 5.95 Å². The minimum Gasteiger partial charge on any atom is -0.341 e. The van der Waals surface area contributed by atoms with E-state index in [1.54, 1.807) is 0 Å². The normalized spacial score (nSPS) is 20.5. The molecule has 2 rings (SSSR count). The second-order valence-corrected chi connectivity index (χ2v) is 5.11. The first-order valence-electron chi connectivity index (χ1n) is 6.65. The van der Waals surface area contributed by atoms with E-state index in [0.717, 1.165) is 25.5 Å². The highest BCUT2D eigenvalue weighted by Crippen LogP contribution is 2.23. The largest absolute Gasteiger partial charge is 0.341 e. The molecule has 0 aromatic carbocycles. The van der Waals surface area contributed by atoms with Crippen molar-refractivity contribution < 1.29 is 0 Å². The molecule has 96 valence electrons. The van der Waals surface area contributed by atoms with Crippen molar-refractivity contribution in [1.29, 1.82) is 0 Å². The number of nitrogens with zero attached hydrogens (tertiary/aromatic N) is 3. The predicted molar refractivity (Wildman–Crippen MR) is 71.7 cm³/mol. The van der Waals surface area contributed by atoms with Gasteiger partial charge in [-0.2, -0.15) is 0 Å². The van der Waals surface area contributed by atoms with E-state index in [-0.39, 0.29) is 0 Å². The average molecular weight is 236 g/mol. The molecule has 1 atom stereocenters. The highest BCUT2D eigenvalue weighted by Gasteiger charge is 2.25. The second-order valence-electron chi connectivity index (χ2n) is 5.11. The minimum atomic E-state index is 0.478. The Kier molecular flexibility index (Phi) is 3.72. The van der Waals surface area contributed by atoms with E-state index in [4.69, 9.17) is 4.98 Å². The van der Waals surface area contributed by atoms with E-state index in [0.29, 0.717) is 12.1 Å². The van der Waals surface area contributed by atoms with E-state index in [9.17, 15) is 0 Å². The summed E-state index contributed by atoms with van der Waals surface area (Å²) < 4.78 is 2.30. The molecule has 0 saturated carbocycles. The van der Waals surface area contributed by atoms with Crippen molar-refractivity contribution in [2.24, 2.45) is 0 Å². The van der Waals surface area contributed by atoms with Crippen molar-refractivity contribution in [1.82, 2.24) is 14.9 Å². The lowest BCUT2D eigenvalue weighted by Crippen LogP contribution is -2.31. The zero-order valence-corrected chi connectivity index (χ0v) is 11.4. The Labute approximate surface area is 104 Å². The predicted octanol–water partition coefficient (Wildman–Crippen LogP) is 1.82. The molecule has 1 saturated heterocycles. The number of hydrogen-bond acceptors (Lipinski definition) is 3. The molecule has 0 radical (unpaired) electrons. The Bertz CT molecular complexity index is 369. The maximum atomic E-state index is 4.76. The van der Waals surface area contributed by atoms with Gasteiger partial charge in [0, 0.05) is 31.4 Å². The fourth-order valence-corrected chi connectivity index (χ4v) is 2.40. The molecule has 0 amide bonds.